The molecule has 0 radical (unpaired) electrons. The van der Waals surface area contributed by atoms with Crippen LogP contribution in [0.5, 0.6) is 0 Å². The molecule has 0 saturated heterocycles. The second-order valence-electron chi connectivity index (χ2n) is 4.64. The van der Waals surface area contributed by atoms with Gasteiger partial charge >= 0.3 is 11.9 Å². The van der Waals surface area contributed by atoms with Crippen molar-refractivity contribution in [1.82, 2.24) is 0 Å². The van der Waals surface area contributed by atoms with Crippen molar-refractivity contribution in [2.75, 3.05) is 13.2 Å². The average Bonchev–Trinajstić information content (AvgIpc) is 2.43. The number of halogens is 1. The van der Waals surface area contributed by atoms with Gasteiger partial charge in [0.25, 0.3) is 0 Å². The third kappa shape index (κ3) is 6.17. The van der Waals surface area contributed by atoms with Crippen LogP contribution in [0.1, 0.15) is 33.6 Å². The van der Waals surface area contributed by atoms with Crippen molar-refractivity contribution in [3.05, 3.63) is 35.9 Å². The fourth-order valence-corrected chi connectivity index (χ4v) is 1.84. The van der Waals surface area contributed by atoms with Gasteiger partial charge in [-0.1, -0.05) is 30.8 Å². The highest BCUT2D eigenvalue weighted by Crippen LogP contribution is 2.30. The van der Waals surface area contributed by atoms with Crippen molar-refractivity contribution in [1.29, 1.82) is 0 Å². The molecule has 0 fully saturated rings. The number of rotatable bonds is 9. The molecule has 0 heterocycles. The summed E-state index contributed by atoms with van der Waals surface area (Å²) < 4.78 is 9.99. The molecule has 5 heteroatoms. The van der Waals surface area contributed by atoms with Crippen LogP contribution in [0.3, 0.4) is 0 Å². The van der Waals surface area contributed by atoms with Crippen molar-refractivity contribution < 1.29 is 19.1 Å². The standard InChI is InChI=1S/C16H23ClO4/c1-6-13(11-12(4)17)9-10-16(5,14(18)20-7-2)15(19)21-8-3/h6,11H,1,4,7-10H2,2-3,5H3/b13-11+. The summed E-state index contributed by atoms with van der Waals surface area (Å²) in [6.07, 6.45) is 3.94. The van der Waals surface area contributed by atoms with Crippen molar-refractivity contribution in [2.45, 2.75) is 33.6 Å². The van der Waals surface area contributed by atoms with Gasteiger partial charge in [-0.3, -0.25) is 9.59 Å². The molecule has 118 valence electrons. The van der Waals surface area contributed by atoms with Gasteiger partial charge in [0.05, 0.1) is 13.2 Å². The minimum atomic E-state index is -1.35. The Morgan fingerprint density at radius 1 is 1.19 bits per heavy atom. The Bertz CT molecular complexity index is 420. The van der Waals surface area contributed by atoms with Gasteiger partial charge < -0.3 is 9.47 Å². The molecule has 0 rings (SSSR count). The summed E-state index contributed by atoms with van der Waals surface area (Å²) in [6, 6.07) is 0. The molecule has 0 unspecified atom stereocenters. The van der Waals surface area contributed by atoms with E-state index in [0.29, 0.717) is 11.5 Å². The lowest BCUT2D eigenvalue weighted by molar-refractivity contribution is -0.171. The minimum Gasteiger partial charge on any atom is -0.465 e. The number of allylic oxidation sites excluding steroid dienone is 4. The summed E-state index contributed by atoms with van der Waals surface area (Å²) >= 11 is 5.72. The maximum Gasteiger partial charge on any atom is 0.323 e. The molecule has 0 bridgehead atoms. The van der Waals surface area contributed by atoms with Crippen LogP contribution in [0.4, 0.5) is 0 Å². The summed E-state index contributed by atoms with van der Waals surface area (Å²) in [6.45, 7) is 12.6. The largest absolute Gasteiger partial charge is 0.465 e. The van der Waals surface area contributed by atoms with E-state index in [1.807, 2.05) is 0 Å². The smallest absolute Gasteiger partial charge is 0.323 e. The molecular weight excluding hydrogens is 292 g/mol. The summed E-state index contributed by atoms with van der Waals surface area (Å²) in [5, 5.41) is 0.360. The number of hydrogen-bond acceptors (Lipinski definition) is 4. The monoisotopic (exact) mass is 314 g/mol. The van der Waals surface area contributed by atoms with Crippen molar-refractivity contribution >= 4 is 23.5 Å². The Balaban J connectivity index is 5.15. The third-order valence-corrected chi connectivity index (χ3v) is 3.08. The molecule has 0 atom stereocenters. The quantitative estimate of drug-likeness (QED) is 0.369. The third-order valence-electron chi connectivity index (χ3n) is 2.97. The molecule has 0 spiro atoms. The first-order chi connectivity index (χ1) is 9.81. The van der Waals surface area contributed by atoms with Crippen LogP contribution in [-0.2, 0) is 19.1 Å². The van der Waals surface area contributed by atoms with Gasteiger partial charge in [-0.15, -0.1) is 0 Å². The van der Waals surface area contributed by atoms with Gasteiger partial charge in [-0.05, 0) is 45.3 Å². The minimum absolute atomic E-state index is 0.205. The maximum absolute atomic E-state index is 12.1. The molecule has 0 aliphatic rings. The normalized spacial score (nSPS) is 11.7. The van der Waals surface area contributed by atoms with E-state index in [1.165, 1.54) is 6.92 Å². The first kappa shape index (κ1) is 19.4. The molecular formula is C16H23ClO4. The van der Waals surface area contributed by atoms with E-state index in [0.717, 1.165) is 5.57 Å². The molecule has 21 heavy (non-hydrogen) atoms. The van der Waals surface area contributed by atoms with E-state index >= 15 is 0 Å². The summed E-state index contributed by atoms with van der Waals surface area (Å²) in [5.74, 6) is -1.17. The van der Waals surface area contributed by atoms with Gasteiger partial charge in [0.2, 0.25) is 0 Å². The second-order valence-corrected chi connectivity index (χ2v) is 5.13. The molecule has 0 N–H and O–H groups in total. The summed E-state index contributed by atoms with van der Waals surface area (Å²) in [4.78, 5) is 24.2. The van der Waals surface area contributed by atoms with Crippen LogP contribution >= 0.6 is 11.6 Å². The molecule has 4 nitrogen and oxygen atoms in total. The zero-order valence-corrected chi connectivity index (χ0v) is 13.7. The van der Waals surface area contributed by atoms with Crippen LogP contribution in [0.25, 0.3) is 0 Å². The fraction of sp³-hybridized carbons (Fsp3) is 0.500. The number of esters is 2. The molecule has 0 aliphatic heterocycles. The number of carbonyl (C=O) groups excluding carboxylic acids is 2. The zero-order valence-electron chi connectivity index (χ0n) is 12.9. The lowest BCUT2D eigenvalue weighted by Crippen LogP contribution is -2.39. The molecule has 0 amide bonds. The highest BCUT2D eigenvalue weighted by Gasteiger charge is 2.43. The van der Waals surface area contributed by atoms with E-state index < -0.39 is 17.4 Å². The predicted octanol–water partition coefficient (Wildman–Crippen LogP) is 3.76. The Kier molecular flexibility index (Phi) is 8.70. The van der Waals surface area contributed by atoms with Crippen molar-refractivity contribution in [3.63, 3.8) is 0 Å². The lowest BCUT2D eigenvalue weighted by Gasteiger charge is -2.25. The first-order valence-electron chi connectivity index (χ1n) is 6.83. The van der Waals surface area contributed by atoms with Gasteiger partial charge in [-0.25, -0.2) is 0 Å². The topological polar surface area (TPSA) is 52.6 Å². The van der Waals surface area contributed by atoms with Crippen molar-refractivity contribution in [3.8, 4) is 0 Å². The highest BCUT2D eigenvalue weighted by atomic mass is 35.5. The summed E-state index contributed by atoms with van der Waals surface area (Å²) in [5.41, 5.74) is -0.559. The second kappa shape index (κ2) is 9.40. The molecule has 0 saturated carbocycles. The number of ether oxygens (including phenoxy) is 2. The molecule has 0 aromatic carbocycles. The van der Waals surface area contributed by atoms with Crippen LogP contribution in [0, 0.1) is 5.41 Å². The van der Waals surface area contributed by atoms with E-state index in [4.69, 9.17) is 21.1 Å². The highest BCUT2D eigenvalue weighted by molar-refractivity contribution is 6.30. The first-order valence-corrected chi connectivity index (χ1v) is 7.21. The van der Waals surface area contributed by atoms with E-state index in [9.17, 15) is 9.59 Å². The molecule has 0 aliphatic carbocycles. The van der Waals surface area contributed by atoms with Crippen LogP contribution < -0.4 is 0 Å². The average molecular weight is 315 g/mol. The Labute approximate surface area is 131 Å². The van der Waals surface area contributed by atoms with Gasteiger partial charge in [0.15, 0.2) is 5.41 Å². The fourth-order valence-electron chi connectivity index (χ4n) is 1.70. The number of hydrogen-bond donors (Lipinski definition) is 0. The SMILES string of the molecule is C=C/C(=C\C(=C)Cl)CCC(C)(C(=O)OCC)C(=O)OCC. The number of carbonyl (C=O) groups is 2. The van der Waals surface area contributed by atoms with Gasteiger partial charge in [-0.2, -0.15) is 0 Å². The summed E-state index contributed by atoms with van der Waals surface area (Å²) in [7, 11) is 0. The maximum atomic E-state index is 12.1. The zero-order chi connectivity index (χ0) is 16.5. The van der Waals surface area contributed by atoms with E-state index in [2.05, 4.69) is 13.2 Å². The molecule has 0 aromatic rings. The van der Waals surface area contributed by atoms with Gasteiger partial charge in [0.1, 0.15) is 0 Å². The lowest BCUT2D eigenvalue weighted by atomic mass is 9.84. The Morgan fingerprint density at radius 2 is 1.67 bits per heavy atom. The van der Waals surface area contributed by atoms with Crippen LogP contribution in [0.2, 0.25) is 0 Å². The Morgan fingerprint density at radius 3 is 2.00 bits per heavy atom. The van der Waals surface area contributed by atoms with Crippen LogP contribution in [0.15, 0.2) is 35.9 Å². The predicted molar refractivity (Wildman–Crippen MR) is 83.9 cm³/mol. The van der Waals surface area contributed by atoms with Crippen LogP contribution in [-0.4, -0.2) is 25.2 Å². The molecule has 0 aromatic heterocycles. The van der Waals surface area contributed by atoms with Crippen molar-refractivity contribution in [2.24, 2.45) is 5.41 Å². The Hall–Kier alpha value is -1.55. The van der Waals surface area contributed by atoms with E-state index in [-0.39, 0.29) is 19.6 Å². The van der Waals surface area contributed by atoms with E-state index in [1.54, 1.807) is 26.0 Å². The van der Waals surface area contributed by atoms with Gasteiger partial charge in [0, 0.05) is 5.03 Å².